The minimum absolute atomic E-state index is 0.742. The zero-order valence-electron chi connectivity index (χ0n) is 9.67. The molecule has 0 saturated carbocycles. The van der Waals surface area contributed by atoms with E-state index in [0.717, 1.165) is 30.6 Å². The molecule has 0 fully saturated rings. The Balaban J connectivity index is 2.67. The van der Waals surface area contributed by atoms with Gasteiger partial charge in [-0.2, -0.15) is 0 Å². The summed E-state index contributed by atoms with van der Waals surface area (Å²) in [6, 6.07) is 0. The number of rotatable bonds is 5. The molecule has 14 heavy (non-hydrogen) atoms. The molecule has 0 radical (unpaired) electrons. The number of imidazole rings is 1. The van der Waals surface area contributed by atoms with Crippen molar-refractivity contribution in [2.75, 3.05) is 11.9 Å². The maximum Gasteiger partial charge on any atom is 0.126 e. The molecule has 1 aromatic heterocycles. The monoisotopic (exact) mass is 195 g/mol. The third-order valence-corrected chi connectivity index (χ3v) is 2.34. The first-order chi connectivity index (χ1) is 6.65. The molecule has 3 heteroatoms. The molecule has 1 heterocycles. The number of nitrogens with one attached hydrogen (secondary N) is 1. The van der Waals surface area contributed by atoms with Crippen LogP contribution in [0.15, 0.2) is 6.20 Å². The smallest absolute Gasteiger partial charge is 0.126 e. The van der Waals surface area contributed by atoms with E-state index in [2.05, 4.69) is 42.6 Å². The van der Waals surface area contributed by atoms with E-state index in [-0.39, 0.29) is 0 Å². The van der Waals surface area contributed by atoms with E-state index in [9.17, 15) is 0 Å². The van der Waals surface area contributed by atoms with Crippen molar-refractivity contribution in [2.24, 2.45) is 5.92 Å². The van der Waals surface area contributed by atoms with Crippen LogP contribution in [0, 0.1) is 12.8 Å². The molecule has 0 unspecified atom stereocenters. The van der Waals surface area contributed by atoms with E-state index in [1.807, 2.05) is 6.20 Å². The van der Waals surface area contributed by atoms with E-state index in [4.69, 9.17) is 0 Å². The minimum Gasteiger partial charge on any atom is -0.370 e. The minimum atomic E-state index is 0.742. The molecule has 1 N–H and O–H groups in total. The van der Waals surface area contributed by atoms with Crippen LogP contribution in [0.3, 0.4) is 0 Å². The molecule has 0 saturated heterocycles. The molecule has 0 aliphatic heterocycles. The summed E-state index contributed by atoms with van der Waals surface area (Å²) < 4.78 is 2.25. The van der Waals surface area contributed by atoms with Crippen LogP contribution in [-0.2, 0) is 6.54 Å². The Morgan fingerprint density at radius 2 is 2.21 bits per heavy atom. The van der Waals surface area contributed by atoms with E-state index in [1.165, 1.54) is 6.42 Å². The maximum atomic E-state index is 4.31. The fourth-order valence-electron chi connectivity index (χ4n) is 1.46. The SMILES string of the molecule is CCNc1cnc(C)n1CCC(C)C. The lowest BCUT2D eigenvalue weighted by Crippen LogP contribution is -2.09. The van der Waals surface area contributed by atoms with Crippen molar-refractivity contribution in [1.82, 2.24) is 9.55 Å². The summed E-state index contributed by atoms with van der Waals surface area (Å²) in [7, 11) is 0. The van der Waals surface area contributed by atoms with E-state index in [1.54, 1.807) is 0 Å². The fraction of sp³-hybridized carbons (Fsp3) is 0.727. The van der Waals surface area contributed by atoms with Crippen LogP contribution in [-0.4, -0.2) is 16.1 Å². The molecule has 1 rings (SSSR count). The quantitative estimate of drug-likeness (QED) is 0.782. The summed E-state index contributed by atoms with van der Waals surface area (Å²) in [6.07, 6.45) is 3.12. The summed E-state index contributed by atoms with van der Waals surface area (Å²) in [6.45, 7) is 10.7. The first-order valence-electron chi connectivity index (χ1n) is 5.41. The van der Waals surface area contributed by atoms with Crippen LogP contribution >= 0.6 is 0 Å². The van der Waals surface area contributed by atoms with Gasteiger partial charge in [-0.1, -0.05) is 13.8 Å². The summed E-state index contributed by atoms with van der Waals surface area (Å²) >= 11 is 0. The zero-order chi connectivity index (χ0) is 10.6. The van der Waals surface area contributed by atoms with E-state index >= 15 is 0 Å². The van der Waals surface area contributed by atoms with Gasteiger partial charge in [-0.15, -0.1) is 0 Å². The van der Waals surface area contributed by atoms with Gasteiger partial charge < -0.3 is 9.88 Å². The van der Waals surface area contributed by atoms with Crippen molar-refractivity contribution < 1.29 is 0 Å². The van der Waals surface area contributed by atoms with Crippen molar-refractivity contribution in [3.05, 3.63) is 12.0 Å². The second-order valence-corrected chi connectivity index (χ2v) is 4.06. The number of hydrogen-bond donors (Lipinski definition) is 1. The van der Waals surface area contributed by atoms with Gasteiger partial charge in [0.2, 0.25) is 0 Å². The van der Waals surface area contributed by atoms with Crippen LogP contribution in [0.5, 0.6) is 0 Å². The maximum absolute atomic E-state index is 4.31. The van der Waals surface area contributed by atoms with Crippen LogP contribution in [0.2, 0.25) is 0 Å². The van der Waals surface area contributed by atoms with Crippen molar-refractivity contribution in [2.45, 2.75) is 40.7 Å². The summed E-state index contributed by atoms with van der Waals surface area (Å²) in [4.78, 5) is 4.31. The van der Waals surface area contributed by atoms with Gasteiger partial charge >= 0.3 is 0 Å². The molecule has 0 bridgehead atoms. The van der Waals surface area contributed by atoms with Crippen molar-refractivity contribution in [3.63, 3.8) is 0 Å². The van der Waals surface area contributed by atoms with E-state index in [0.29, 0.717) is 0 Å². The zero-order valence-corrected chi connectivity index (χ0v) is 9.67. The average molecular weight is 195 g/mol. The summed E-state index contributed by atoms with van der Waals surface area (Å²) in [5.41, 5.74) is 0. The molecular formula is C11H21N3. The Hall–Kier alpha value is -0.990. The molecule has 80 valence electrons. The topological polar surface area (TPSA) is 29.9 Å². The highest BCUT2D eigenvalue weighted by Gasteiger charge is 2.05. The van der Waals surface area contributed by atoms with Crippen molar-refractivity contribution in [3.8, 4) is 0 Å². The number of hydrogen-bond acceptors (Lipinski definition) is 2. The third-order valence-electron chi connectivity index (χ3n) is 2.34. The standard InChI is InChI=1S/C11H21N3/c1-5-12-11-8-13-10(4)14(11)7-6-9(2)3/h8-9,12H,5-7H2,1-4H3. The second-order valence-electron chi connectivity index (χ2n) is 4.06. The lowest BCUT2D eigenvalue weighted by molar-refractivity contribution is 0.512. The molecule has 0 aliphatic rings. The second kappa shape index (κ2) is 5.03. The number of anilines is 1. The molecule has 0 aliphatic carbocycles. The summed E-state index contributed by atoms with van der Waals surface area (Å²) in [5, 5.41) is 3.32. The molecule has 0 spiro atoms. The van der Waals surface area contributed by atoms with Gasteiger partial charge in [-0.05, 0) is 26.2 Å². The van der Waals surface area contributed by atoms with Gasteiger partial charge in [0.05, 0.1) is 6.20 Å². The Labute approximate surface area is 86.5 Å². The largest absolute Gasteiger partial charge is 0.370 e. The average Bonchev–Trinajstić information content (AvgIpc) is 2.45. The van der Waals surface area contributed by atoms with Crippen LogP contribution in [0.4, 0.5) is 5.82 Å². The first kappa shape index (κ1) is 11.1. The third kappa shape index (κ3) is 2.76. The van der Waals surface area contributed by atoms with Gasteiger partial charge in [0.15, 0.2) is 0 Å². The predicted octanol–water partition coefficient (Wildman–Crippen LogP) is 2.67. The predicted molar refractivity (Wildman–Crippen MR) is 60.6 cm³/mol. The van der Waals surface area contributed by atoms with Gasteiger partial charge in [0.25, 0.3) is 0 Å². The Morgan fingerprint density at radius 1 is 1.50 bits per heavy atom. The molecule has 0 amide bonds. The number of aryl methyl sites for hydroxylation is 1. The molecule has 3 nitrogen and oxygen atoms in total. The number of aromatic nitrogens is 2. The van der Waals surface area contributed by atoms with Crippen LogP contribution < -0.4 is 5.32 Å². The highest BCUT2D eigenvalue weighted by Crippen LogP contribution is 2.13. The normalized spacial score (nSPS) is 10.9. The fourth-order valence-corrected chi connectivity index (χ4v) is 1.46. The first-order valence-corrected chi connectivity index (χ1v) is 5.41. The summed E-state index contributed by atoms with van der Waals surface area (Å²) in [5.74, 6) is 2.98. The lowest BCUT2D eigenvalue weighted by Gasteiger charge is -2.12. The highest BCUT2D eigenvalue weighted by atomic mass is 15.2. The lowest BCUT2D eigenvalue weighted by atomic mass is 10.1. The van der Waals surface area contributed by atoms with Gasteiger partial charge in [0.1, 0.15) is 11.6 Å². The van der Waals surface area contributed by atoms with E-state index < -0.39 is 0 Å². The molecular weight excluding hydrogens is 174 g/mol. The molecule has 1 aromatic rings. The number of nitrogens with zero attached hydrogens (tertiary/aromatic N) is 2. The Bertz CT molecular complexity index is 276. The van der Waals surface area contributed by atoms with Crippen molar-refractivity contribution >= 4 is 5.82 Å². The van der Waals surface area contributed by atoms with Crippen LogP contribution in [0.25, 0.3) is 0 Å². The van der Waals surface area contributed by atoms with Gasteiger partial charge in [-0.25, -0.2) is 4.98 Å². The molecule has 0 atom stereocenters. The van der Waals surface area contributed by atoms with Gasteiger partial charge in [0, 0.05) is 13.1 Å². The Kier molecular flexibility index (Phi) is 3.98. The van der Waals surface area contributed by atoms with Crippen LogP contribution in [0.1, 0.15) is 33.0 Å². The highest BCUT2D eigenvalue weighted by molar-refractivity contribution is 5.34. The van der Waals surface area contributed by atoms with Crippen molar-refractivity contribution in [1.29, 1.82) is 0 Å². The van der Waals surface area contributed by atoms with Gasteiger partial charge in [-0.3, -0.25) is 0 Å². The molecule has 0 aromatic carbocycles. The Morgan fingerprint density at radius 3 is 2.79 bits per heavy atom.